The van der Waals surface area contributed by atoms with Crippen molar-refractivity contribution in [2.45, 2.75) is 39.7 Å². The van der Waals surface area contributed by atoms with Crippen molar-refractivity contribution in [1.82, 2.24) is 9.55 Å². The normalized spacial score (nSPS) is 11.0. The zero-order valence-corrected chi connectivity index (χ0v) is 18.5. The number of benzene rings is 2. The van der Waals surface area contributed by atoms with Crippen LogP contribution in [0.1, 0.15) is 30.2 Å². The van der Waals surface area contributed by atoms with Crippen molar-refractivity contribution in [2.24, 2.45) is 0 Å². The Morgan fingerprint density at radius 1 is 1.10 bits per heavy atom. The van der Waals surface area contributed by atoms with Crippen LogP contribution in [0.25, 0.3) is 21.3 Å². The van der Waals surface area contributed by atoms with E-state index < -0.39 is 0 Å². The smallest absolute Gasteiger partial charge is 0.263 e. The molecule has 0 fully saturated rings. The van der Waals surface area contributed by atoms with Gasteiger partial charge in [-0.05, 0) is 43.0 Å². The Bertz CT molecular complexity index is 1260. The molecule has 4 rings (SSSR count). The lowest BCUT2D eigenvalue weighted by Crippen LogP contribution is -2.27. The van der Waals surface area contributed by atoms with Crippen molar-refractivity contribution < 1.29 is 4.79 Å². The second kappa shape index (κ2) is 9.27. The van der Waals surface area contributed by atoms with E-state index in [1.165, 1.54) is 27.8 Å². The number of aromatic nitrogens is 2. The summed E-state index contributed by atoms with van der Waals surface area (Å²) >= 11 is 1.50. The molecule has 0 radical (unpaired) electrons. The summed E-state index contributed by atoms with van der Waals surface area (Å²) in [5, 5.41) is 3.45. The fourth-order valence-corrected chi connectivity index (χ4v) is 4.70. The molecule has 0 aliphatic carbocycles. The first-order valence-corrected chi connectivity index (χ1v) is 11.3. The van der Waals surface area contributed by atoms with Crippen molar-refractivity contribution in [3.63, 3.8) is 0 Å². The highest BCUT2D eigenvalue weighted by molar-refractivity contribution is 7.19. The van der Waals surface area contributed by atoms with Gasteiger partial charge in [-0.2, -0.15) is 0 Å². The fraction of sp³-hybridized carbons (Fsp3) is 0.240. The number of hydrogen-bond acceptors (Lipinski definition) is 4. The molecule has 2 aromatic heterocycles. The predicted molar refractivity (Wildman–Crippen MR) is 128 cm³/mol. The summed E-state index contributed by atoms with van der Waals surface area (Å²) in [6.45, 7) is 4.08. The minimum atomic E-state index is -0.252. The number of carbonyl (C=O) groups excluding carboxylic acids is 1. The number of nitrogens with zero attached hydrogens (tertiary/aromatic N) is 2. The second-order valence-corrected chi connectivity index (χ2v) is 8.81. The Morgan fingerprint density at radius 3 is 2.55 bits per heavy atom. The quantitative estimate of drug-likeness (QED) is 0.425. The van der Waals surface area contributed by atoms with Gasteiger partial charge in [0.25, 0.3) is 5.56 Å². The highest BCUT2D eigenvalue weighted by Gasteiger charge is 2.17. The van der Waals surface area contributed by atoms with E-state index in [0.717, 1.165) is 41.0 Å². The van der Waals surface area contributed by atoms with Crippen LogP contribution in [0.3, 0.4) is 0 Å². The molecule has 0 aliphatic heterocycles. The van der Waals surface area contributed by atoms with E-state index in [4.69, 9.17) is 0 Å². The summed E-state index contributed by atoms with van der Waals surface area (Å²) < 4.78 is 1.38. The zero-order chi connectivity index (χ0) is 21.8. The highest BCUT2D eigenvalue weighted by atomic mass is 32.1. The van der Waals surface area contributed by atoms with Crippen molar-refractivity contribution in [3.05, 3.63) is 81.7 Å². The minimum Gasteiger partial charge on any atom is -0.325 e. The number of fused-ring (bicyclic) bond motifs is 1. The molecule has 0 spiro atoms. The van der Waals surface area contributed by atoms with Crippen LogP contribution in [-0.2, 0) is 17.8 Å². The first kappa shape index (κ1) is 21.0. The average molecular weight is 432 g/mol. The summed E-state index contributed by atoms with van der Waals surface area (Å²) in [7, 11) is 0. The maximum absolute atomic E-state index is 13.2. The van der Waals surface area contributed by atoms with Crippen LogP contribution in [0.15, 0.2) is 65.7 Å². The van der Waals surface area contributed by atoms with E-state index in [1.54, 1.807) is 0 Å². The lowest BCUT2D eigenvalue weighted by Gasteiger charge is -2.09. The molecule has 6 heteroatoms. The number of anilines is 1. The highest BCUT2D eigenvalue weighted by Crippen LogP contribution is 2.35. The van der Waals surface area contributed by atoms with Crippen molar-refractivity contribution in [2.75, 3.05) is 5.32 Å². The molecule has 0 saturated heterocycles. The lowest BCUT2D eigenvalue weighted by atomic mass is 10.0. The molecule has 1 N–H and O–H groups in total. The summed E-state index contributed by atoms with van der Waals surface area (Å²) in [5.74, 6) is -0.252. The Morgan fingerprint density at radius 2 is 1.84 bits per heavy atom. The van der Waals surface area contributed by atoms with Gasteiger partial charge in [0.15, 0.2) is 0 Å². The standard InChI is InChI=1S/C25H25N3O2S/c1-3-4-8-18-11-13-20(14-12-18)27-21(29)15-28-16-26-24-23(25(28)30)22(17(2)31-24)19-9-6-5-7-10-19/h5-7,9-14,16H,3-4,8,15H2,1-2H3,(H,27,29). The largest absolute Gasteiger partial charge is 0.325 e. The van der Waals surface area contributed by atoms with Gasteiger partial charge in [-0.1, -0.05) is 55.8 Å². The Balaban J connectivity index is 1.57. The van der Waals surface area contributed by atoms with Crippen LogP contribution >= 0.6 is 11.3 Å². The van der Waals surface area contributed by atoms with Gasteiger partial charge in [0.1, 0.15) is 11.4 Å². The van der Waals surface area contributed by atoms with Gasteiger partial charge >= 0.3 is 0 Å². The van der Waals surface area contributed by atoms with Crippen LogP contribution in [0, 0.1) is 6.92 Å². The van der Waals surface area contributed by atoms with Gasteiger partial charge < -0.3 is 5.32 Å². The minimum absolute atomic E-state index is 0.0809. The van der Waals surface area contributed by atoms with E-state index in [2.05, 4.69) is 17.2 Å². The van der Waals surface area contributed by atoms with E-state index in [1.807, 2.05) is 61.5 Å². The van der Waals surface area contributed by atoms with Gasteiger partial charge in [0, 0.05) is 16.1 Å². The Hall–Kier alpha value is -3.25. The van der Waals surface area contributed by atoms with Gasteiger partial charge in [-0.25, -0.2) is 4.98 Å². The summed E-state index contributed by atoms with van der Waals surface area (Å²) in [4.78, 5) is 32.0. The first-order chi connectivity index (χ1) is 15.1. The molecule has 0 bridgehead atoms. The molecule has 4 aromatic rings. The predicted octanol–water partition coefficient (Wildman–Crippen LogP) is 5.41. The molecule has 2 heterocycles. The summed E-state index contributed by atoms with van der Waals surface area (Å²) in [6.07, 6.45) is 4.80. The number of thiophene rings is 1. The summed E-state index contributed by atoms with van der Waals surface area (Å²) in [5.41, 5.74) is 3.67. The van der Waals surface area contributed by atoms with E-state index in [-0.39, 0.29) is 18.0 Å². The van der Waals surface area contributed by atoms with Gasteiger partial charge in [-0.3, -0.25) is 14.2 Å². The van der Waals surface area contributed by atoms with E-state index >= 15 is 0 Å². The zero-order valence-electron chi connectivity index (χ0n) is 17.7. The molecular weight excluding hydrogens is 406 g/mol. The Kier molecular flexibility index (Phi) is 6.28. The fourth-order valence-electron chi connectivity index (χ4n) is 3.69. The summed E-state index contributed by atoms with van der Waals surface area (Å²) in [6, 6.07) is 17.7. The van der Waals surface area contributed by atoms with Crippen LogP contribution in [0.2, 0.25) is 0 Å². The van der Waals surface area contributed by atoms with Gasteiger partial charge in [-0.15, -0.1) is 11.3 Å². The number of aryl methyl sites for hydroxylation is 2. The average Bonchev–Trinajstić information content (AvgIpc) is 3.12. The molecule has 2 aromatic carbocycles. The topological polar surface area (TPSA) is 64.0 Å². The van der Waals surface area contributed by atoms with Crippen LogP contribution in [0.5, 0.6) is 0 Å². The number of hydrogen-bond donors (Lipinski definition) is 1. The van der Waals surface area contributed by atoms with Crippen molar-refractivity contribution >= 4 is 33.1 Å². The third-order valence-corrected chi connectivity index (χ3v) is 6.30. The second-order valence-electron chi connectivity index (χ2n) is 7.61. The molecule has 0 unspecified atom stereocenters. The molecule has 5 nitrogen and oxygen atoms in total. The maximum Gasteiger partial charge on any atom is 0.263 e. The van der Waals surface area contributed by atoms with E-state index in [9.17, 15) is 9.59 Å². The van der Waals surface area contributed by atoms with Gasteiger partial charge in [0.05, 0.1) is 11.7 Å². The lowest BCUT2D eigenvalue weighted by molar-refractivity contribution is -0.116. The Labute approximate surface area is 185 Å². The van der Waals surface area contributed by atoms with Crippen molar-refractivity contribution in [1.29, 1.82) is 0 Å². The van der Waals surface area contributed by atoms with Crippen LogP contribution < -0.4 is 10.9 Å². The maximum atomic E-state index is 13.2. The molecule has 0 aliphatic rings. The number of amides is 1. The molecule has 1 amide bonds. The number of rotatable bonds is 7. The first-order valence-electron chi connectivity index (χ1n) is 10.5. The third-order valence-electron chi connectivity index (χ3n) is 5.29. The van der Waals surface area contributed by atoms with E-state index in [0.29, 0.717) is 10.2 Å². The SMILES string of the molecule is CCCCc1ccc(NC(=O)Cn2cnc3sc(C)c(-c4ccccc4)c3c2=O)cc1. The molecule has 0 atom stereocenters. The number of nitrogens with one attached hydrogen (secondary N) is 1. The van der Waals surface area contributed by atoms with Gasteiger partial charge in [0.2, 0.25) is 5.91 Å². The van der Waals surface area contributed by atoms with Crippen LogP contribution in [-0.4, -0.2) is 15.5 Å². The monoisotopic (exact) mass is 431 g/mol. The molecular formula is C25H25N3O2S. The third kappa shape index (κ3) is 4.59. The number of unbranched alkanes of at least 4 members (excludes halogenated alkanes) is 1. The molecule has 0 saturated carbocycles. The molecule has 31 heavy (non-hydrogen) atoms. The van der Waals surface area contributed by atoms with Crippen molar-refractivity contribution in [3.8, 4) is 11.1 Å². The number of carbonyl (C=O) groups is 1. The molecule has 158 valence electrons. The van der Waals surface area contributed by atoms with Crippen LogP contribution in [0.4, 0.5) is 5.69 Å².